The summed E-state index contributed by atoms with van der Waals surface area (Å²) in [5, 5.41) is 3.18. The van der Waals surface area contributed by atoms with E-state index >= 15 is 0 Å². The molecule has 0 aromatic heterocycles. The summed E-state index contributed by atoms with van der Waals surface area (Å²) in [6, 6.07) is 5.43. The quantitative estimate of drug-likeness (QED) is 0.223. The van der Waals surface area contributed by atoms with E-state index in [4.69, 9.17) is 32.4 Å². The summed E-state index contributed by atoms with van der Waals surface area (Å²) in [4.78, 5) is 7.75. The fourth-order valence-corrected chi connectivity index (χ4v) is 1.61. The van der Waals surface area contributed by atoms with Gasteiger partial charge in [0.15, 0.2) is 11.9 Å². The number of nitrogens with one attached hydrogen (secondary N) is 1. The number of anilines is 1. The maximum atomic E-state index is 5.64. The first kappa shape index (κ1) is 17.2. The van der Waals surface area contributed by atoms with E-state index in [9.17, 15) is 0 Å². The average Bonchev–Trinajstić information content (AvgIpc) is 2.48. The van der Waals surface area contributed by atoms with E-state index in [1.165, 1.54) is 0 Å². The lowest BCUT2D eigenvalue weighted by Gasteiger charge is -2.13. The summed E-state index contributed by atoms with van der Waals surface area (Å²) in [6.07, 6.45) is 0. The van der Waals surface area contributed by atoms with Gasteiger partial charge in [-0.2, -0.15) is 0 Å². The molecule has 9 heteroatoms. The first-order chi connectivity index (χ1) is 10.5. The molecule has 1 rings (SSSR count). The van der Waals surface area contributed by atoms with E-state index in [1.54, 1.807) is 19.2 Å². The van der Waals surface area contributed by atoms with E-state index < -0.39 is 0 Å². The summed E-state index contributed by atoms with van der Waals surface area (Å²) in [5.41, 5.74) is 21.8. The summed E-state index contributed by atoms with van der Waals surface area (Å²) in [7, 11) is 1.60. The lowest BCUT2D eigenvalue weighted by molar-refractivity contribution is 0.329. The fraction of sp³-hybridized carbons (Fsp3) is 0.385. The molecule has 22 heavy (non-hydrogen) atoms. The molecule has 1 aromatic carbocycles. The Hall–Kier alpha value is -2.84. The summed E-state index contributed by atoms with van der Waals surface area (Å²) >= 11 is 0. The number of ether oxygens (including phenoxy) is 2. The van der Waals surface area contributed by atoms with Crippen molar-refractivity contribution in [2.45, 2.75) is 0 Å². The predicted octanol–water partition coefficient (Wildman–Crippen LogP) is -0.967. The van der Waals surface area contributed by atoms with Crippen molar-refractivity contribution < 1.29 is 9.47 Å². The minimum atomic E-state index is 0.0360. The zero-order chi connectivity index (χ0) is 16.4. The maximum absolute atomic E-state index is 5.64. The summed E-state index contributed by atoms with van der Waals surface area (Å²) in [6.45, 7) is 1.73. The Morgan fingerprint density at radius 2 is 1.77 bits per heavy atom. The monoisotopic (exact) mass is 309 g/mol. The molecule has 0 saturated carbocycles. The van der Waals surface area contributed by atoms with E-state index in [1.807, 2.05) is 6.07 Å². The zero-order valence-corrected chi connectivity index (χ0v) is 12.6. The highest BCUT2D eigenvalue weighted by Crippen LogP contribution is 2.29. The van der Waals surface area contributed by atoms with Gasteiger partial charge in [0.05, 0.1) is 25.9 Å². The van der Waals surface area contributed by atoms with Gasteiger partial charge in [-0.25, -0.2) is 0 Å². The fourth-order valence-electron chi connectivity index (χ4n) is 1.61. The molecular formula is C13H23N7O2. The van der Waals surface area contributed by atoms with Crippen LogP contribution < -0.4 is 37.7 Å². The van der Waals surface area contributed by atoms with Crippen LogP contribution in [0.2, 0.25) is 0 Å². The van der Waals surface area contributed by atoms with Crippen molar-refractivity contribution in [1.29, 1.82) is 0 Å². The number of aliphatic imine (C=N–C) groups is 2. The van der Waals surface area contributed by atoms with Crippen molar-refractivity contribution in [2.24, 2.45) is 32.9 Å². The first-order valence-corrected chi connectivity index (χ1v) is 6.68. The van der Waals surface area contributed by atoms with Crippen LogP contribution in [-0.2, 0) is 0 Å². The molecule has 9 N–H and O–H groups in total. The molecule has 0 heterocycles. The van der Waals surface area contributed by atoms with Crippen molar-refractivity contribution in [2.75, 3.05) is 38.7 Å². The van der Waals surface area contributed by atoms with Crippen LogP contribution in [0.3, 0.4) is 0 Å². The van der Waals surface area contributed by atoms with E-state index in [-0.39, 0.29) is 11.9 Å². The second-order valence-corrected chi connectivity index (χ2v) is 4.25. The highest BCUT2D eigenvalue weighted by molar-refractivity contribution is 5.76. The van der Waals surface area contributed by atoms with Crippen molar-refractivity contribution >= 4 is 17.6 Å². The largest absolute Gasteiger partial charge is 0.497 e. The van der Waals surface area contributed by atoms with Crippen LogP contribution in [0.15, 0.2) is 28.2 Å². The Kier molecular flexibility index (Phi) is 7.17. The Labute approximate surface area is 129 Å². The van der Waals surface area contributed by atoms with Crippen LogP contribution in [0.25, 0.3) is 0 Å². The first-order valence-electron chi connectivity index (χ1n) is 6.68. The molecule has 0 aliphatic carbocycles. The Morgan fingerprint density at radius 3 is 2.41 bits per heavy atom. The molecule has 0 aliphatic rings. The second kappa shape index (κ2) is 9.16. The van der Waals surface area contributed by atoms with Gasteiger partial charge < -0.3 is 37.7 Å². The number of methoxy groups -OCH3 is 1. The molecule has 0 radical (unpaired) electrons. The number of rotatable bonds is 9. The van der Waals surface area contributed by atoms with Gasteiger partial charge in [-0.05, 0) is 12.1 Å². The topological polar surface area (TPSA) is 159 Å². The van der Waals surface area contributed by atoms with Crippen molar-refractivity contribution in [3.8, 4) is 11.5 Å². The third-order valence-corrected chi connectivity index (χ3v) is 2.55. The van der Waals surface area contributed by atoms with Gasteiger partial charge in [0.2, 0.25) is 0 Å². The Morgan fingerprint density at radius 1 is 1.09 bits per heavy atom. The molecule has 0 fully saturated rings. The number of guanidine groups is 2. The van der Waals surface area contributed by atoms with Crippen LogP contribution >= 0.6 is 0 Å². The molecule has 0 saturated heterocycles. The van der Waals surface area contributed by atoms with Crippen molar-refractivity contribution in [1.82, 2.24) is 0 Å². The van der Waals surface area contributed by atoms with Gasteiger partial charge in [-0.3, -0.25) is 9.98 Å². The molecule has 9 nitrogen and oxygen atoms in total. The van der Waals surface area contributed by atoms with Crippen LogP contribution in [-0.4, -0.2) is 45.3 Å². The Balaban J connectivity index is 2.65. The third-order valence-electron chi connectivity index (χ3n) is 2.55. The van der Waals surface area contributed by atoms with Crippen LogP contribution in [0.5, 0.6) is 11.5 Å². The van der Waals surface area contributed by atoms with Crippen LogP contribution in [0.4, 0.5) is 5.69 Å². The van der Waals surface area contributed by atoms with E-state index in [0.717, 1.165) is 5.69 Å². The molecule has 0 bridgehead atoms. The van der Waals surface area contributed by atoms with Gasteiger partial charge >= 0.3 is 0 Å². The zero-order valence-electron chi connectivity index (χ0n) is 12.6. The molecular weight excluding hydrogens is 286 g/mol. The second-order valence-electron chi connectivity index (χ2n) is 4.25. The lowest BCUT2D eigenvalue weighted by atomic mass is 10.2. The molecule has 122 valence electrons. The Bertz CT molecular complexity index is 523. The number of hydrogen-bond donors (Lipinski definition) is 5. The van der Waals surface area contributed by atoms with Gasteiger partial charge in [0, 0.05) is 12.6 Å². The summed E-state index contributed by atoms with van der Waals surface area (Å²) in [5.74, 6) is 1.47. The normalized spacial score (nSPS) is 9.68. The highest BCUT2D eigenvalue weighted by Gasteiger charge is 2.05. The smallest absolute Gasteiger partial charge is 0.186 e. The number of nitrogens with two attached hydrogens (primary N) is 4. The molecule has 0 spiro atoms. The highest BCUT2D eigenvalue weighted by atomic mass is 16.5. The van der Waals surface area contributed by atoms with Gasteiger partial charge in [0.25, 0.3) is 0 Å². The maximum Gasteiger partial charge on any atom is 0.186 e. The molecule has 0 unspecified atom stereocenters. The van der Waals surface area contributed by atoms with Crippen LogP contribution in [0, 0.1) is 0 Å². The average molecular weight is 309 g/mol. The van der Waals surface area contributed by atoms with Gasteiger partial charge in [-0.15, -0.1) is 0 Å². The minimum Gasteiger partial charge on any atom is -0.497 e. The van der Waals surface area contributed by atoms with Crippen LogP contribution in [0.1, 0.15) is 0 Å². The van der Waals surface area contributed by atoms with E-state index in [2.05, 4.69) is 15.3 Å². The summed E-state index contributed by atoms with van der Waals surface area (Å²) < 4.78 is 10.8. The number of hydrogen-bond acceptors (Lipinski definition) is 5. The third kappa shape index (κ3) is 6.55. The SMILES string of the molecule is COc1ccc(OCCN=C(N)N)c(NCCN=C(N)N)c1. The number of nitrogens with zero attached hydrogens (tertiary/aromatic N) is 2. The molecule has 0 aliphatic heterocycles. The van der Waals surface area contributed by atoms with Crippen molar-refractivity contribution in [3.63, 3.8) is 0 Å². The molecule has 0 amide bonds. The van der Waals surface area contributed by atoms with Crippen molar-refractivity contribution in [3.05, 3.63) is 18.2 Å². The predicted molar refractivity (Wildman–Crippen MR) is 88.3 cm³/mol. The molecule has 0 atom stereocenters. The molecule has 1 aromatic rings. The van der Waals surface area contributed by atoms with E-state index in [0.29, 0.717) is 37.7 Å². The number of benzene rings is 1. The lowest BCUT2D eigenvalue weighted by Crippen LogP contribution is -2.24. The van der Waals surface area contributed by atoms with Gasteiger partial charge in [-0.1, -0.05) is 0 Å². The van der Waals surface area contributed by atoms with Gasteiger partial charge in [0.1, 0.15) is 18.1 Å². The minimum absolute atomic E-state index is 0.0360. The standard InChI is InChI=1S/C13H23N7O2/c1-21-9-2-3-11(22-7-6-20-13(16)17)10(8-9)18-4-5-19-12(14)15/h2-3,8,18H,4-7H2,1H3,(H4,14,15,19)(H4,16,17,20).